The number of nitrogens with zero attached hydrogens (tertiary/aromatic N) is 4. The first kappa shape index (κ1) is 40.9. The molecule has 6 heterocycles. The average Bonchev–Trinajstić information content (AvgIpc) is 3.93. The van der Waals surface area contributed by atoms with Crippen molar-refractivity contribution >= 4 is 55.9 Å². The van der Waals surface area contributed by atoms with Gasteiger partial charge in [-0.25, -0.2) is 14.8 Å². The molecule has 0 atom stereocenters. The molecule has 0 radical (unpaired) electrons. The summed E-state index contributed by atoms with van der Waals surface area (Å²) in [7, 11) is 1.27. The van der Waals surface area contributed by atoms with Gasteiger partial charge in [0.25, 0.3) is 0 Å². The van der Waals surface area contributed by atoms with Gasteiger partial charge in [0.2, 0.25) is 17.7 Å². The van der Waals surface area contributed by atoms with Gasteiger partial charge in [-0.2, -0.15) is 0 Å². The minimum atomic E-state index is -0.562. The number of fused-ring (bicyclic) bond motifs is 1. The van der Waals surface area contributed by atoms with Crippen LogP contribution in [0.3, 0.4) is 0 Å². The van der Waals surface area contributed by atoms with Gasteiger partial charge in [0.05, 0.1) is 59.8 Å². The zero-order chi connectivity index (χ0) is 36.0. The molecule has 2 aliphatic rings. The van der Waals surface area contributed by atoms with Crippen LogP contribution in [-0.4, -0.2) is 99.9 Å². The van der Waals surface area contributed by atoms with Crippen LogP contribution in [0.15, 0.2) is 37.2 Å². The number of rotatable bonds is 6. The zero-order valence-electron chi connectivity index (χ0n) is 29.6. The number of H-pyrrole nitrogens is 2. The second-order valence-electron chi connectivity index (χ2n) is 11.2. The molecule has 270 valence electrons. The molecular formula is C34H52N8O5S2. The summed E-state index contributed by atoms with van der Waals surface area (Å²) >= 11 is 3.56. The van der Waals surface area contributed by atoms with E-state index in [-0.39, 0.29) is 30.8 Å². The van der Waals surface area contributed by atoms with Gasteiger partial charge in [0, 0.05) is 42.5 Å². The van der Waals surface area contributed by atoms with Crippen LogP contribution in [0.1, 0.15) is 73.1 Å². The van der Waals surface area contributed by atoms with Crippen LogP contribution in [-0.2, 0) is 19.1 Å². The number of imidazole rings is 2. The number of hydrogen-bond donors (Lipinski definition) is 4. The molecule has 0 bridgehead atoms. The third kappa shape index (κ3) is 14.8. The van der Waals surface area contributed by atoms with Crippen LogP contribution in [0.5, 0.6) is 0 Å². The Hall–Kier alpha value is -4.24. The number of carbonyl (C=O) groups excluding carboxylic acids is 4. The molecule has 49 heavy (non-hydrogen) atoms. The van der Waals surface area contributed by atoms with Gasteiger partial charge in [-0.05, 0) is 37.8 Å². The lowest BCUT2D eigenvalue weighted by Crippen LogP contribution is -2.38. The Labute approximate surface area is 297 Å². The normalized spacial score (nSPS) is 13.0. The highest BCUT2D eigenvalue weighted by atomic mass is 32.1. The predicted molar refractivity (Wildman–Crippen MR) is 198 cm³/mol. The second-order valence-corrected chi connectivity index (χ2v) is 13.4. The van der Waals surface area contributed by atoms with Crippen LogP contribution in [0.4, 0.5) is 4.79 Å². The summed E-state index contributed by atoms with van der Waals surface area (Å²) in [5.74, 6) is -0.159. The fourth-order valence-corrected chi connectivity index (χ4v) is 6.80. The molecule has 4 aromatic rings. The van der Waals surface area contributed by atoms with Crippen LogP contribution in [0.25, 0.3) is 30.5 Å². The van der Waals surface area contributed by atoms with Crippen molar-refractivity contribution in [3.8, 4) is 21.1 Å². The summed E-state index contributed by atoms with van der Waals surface area (Å²) in [6.07, 6.45) is 13.4. The van der Waals surface area contributed by atoms with Crippen molar-refractivity contribution < 1.29 is 23.9 Å². The molecule has 0 aromatic carbocycles. The van der Waals surface area contributed by atoms with Gasteiger partial charge < -0.3 is 35.1 Å². The lowest BCUT2D eigenvalue weighted by atomic mass is 10.3. The molecule has 4 aromatic heterocycles. The van der Waals surface area contributed by atoms with Gasteiger partial charge in [-0.1, -0.05) is 40.5 Å². The number of aromatic amines is 2. The van der Waals surface area contributed by atoms with Gasteiger partial charge in [0.15, 0.2) is 0 Å². The number of alkyl carbamates (subject to hydrolysis) is 1. The number of carbonyl (C=O) groups is 4. The van der Waals surface area contributed by atoms with Crippen molar-refractivity contribution in [3.05, 3.63) is 37.2 Å². The molecule has 0 spiro atoms. The highest BCUT2D eigenvalue weighted by molar-refractivity contribution is 7.31. The lowest BCUT2D eigenvalue weighted by molar-refractivity contribution is -0.131. The maximum atomic E-state index is 11.3. The summed E-state index contributed by atoms with van der Waals surface area (Å²) in [6.45, 7) is 13.4. The van der Waals surface area contributed by atoms with Gasteiger partial charge >= 0.3 is 6.09 Å². The predicted octanol–water partition coefficient (Wildman–Crippen LogP) is 6.29. The van der Waals surface area contributed by atoms with Gasteiger partial charge in [-0.15, -0.1) is 22.7 Å². The molecule has 2 aliphatic heterocycles. The number of hydrogen-bond acceptors (Lipinski definition) is 9. The maximum Gasteiger partial charge on any atom is 0.407 e. The van der Waals surface area contributed by atoms with Crippen LogP contribution in [0.2, 0.25) is 0 Å². The largest absolute Gasteiger partial charge is 0.453 e. The smallest absolute Gasteiger partial charge is 0.407 e. The van der Waals surface area contributed by atoms with Crippen molar-refractivity contribution in [3.63, 3.8) is 0 Å². The second kappa shape index (κ2) is 23.2. The zero-order valence-corrected chi connectivity index (χ0v) is 31.2. The number of nitrogens with one attached hydrogen (secondary N) is 4. The number of amides is 4. The van der Waals surface area contributed by atoms with Crippen molar-refractivity contribution in [2.45, 2.75) is 73.1 Å². The Kier molecular flexibility index (Phi) is 19.4. The van der Waals surface area contributed by atoms with Crippen molar-refractivity contribution in [1.82, 2.24) is 40.4 Å². The van der Waals surface area contributed by atoms with E-state index < -0.39 is 6.09 Å². The summed E-state index contributed by atoms with van der Waals surface area (Å²) in [4.78, 5) is 64.1. The van der Waals surface area contributed by atoms with Gasteiger partial charge in [0.1, 0.15) is 6.54 Å². The molecule has 15 heteroatoms. The summed E-state index contributed by atoms with van der Waals surface area (Å²) in [6, 6.07) is 4.41. The van der Waals surface area contributed by atoms with E-state index >= 15 is 0 Å². The lowest BCUT2D eigenvalue weighted by Gasteiger charge is -2.14. The molecule has 0 aliphatic carbocycles. The SMILES string of the molecule is CC(=O)NCC(=O)N1CCCC1.CCC.CCC.COC(=O)NCC(=O)N1CCCC1.c1ncc(-c2cc3sc(-c4cnc[nH]4)cc3s2)[nH]1. The quantitative estimate of drug-likeness (QED) is 0.182. The Balaban J connectivity index is 0.000000242. The van der Waals surface area contributed by atoms with Crippen LogP contribution < -0.4 is 10.6 Å². The molecular weight excluding hydrogens is 665 g/mol. The topological polar surface area (TPSA) is 165 Å². The highest BCUT2D eigenvalue weighted by Gasteiger charge is 2.18. The van der Waals surface area contributed by atoms with E-state index in [0.29, 0.717) is 0 Å². The highest BCUT2D eigenvalue weighted by Crippen LogP contribution is 2.40. The van der Waals surface area contributed by atoms with Crippen LogP contribution >= 0.6 is 22.7 Å². The Bertz CT molecular complexity index is 1410. The Morgan fingerprint density at radius 3 is 1.45 bits per heavy atom. The van der Waals surface area contributed by atoms with E-state index in [1.807, 2.05) is 12.4 Å². The van der Waals surface area contributed by atoms with Crippen LogP contribution in [0, 0.1) is 0 Å². The van der Waals surface area contributed by atoms with E-state index in [4.69, 9.17) is 0 Å². The summed E-state index contributed by atoms with van der Waals surface area (Å²) < 4.78 is 6.94. The standard InChI is InChI=1S/C12H8N4S2.C8H14N2O3.C8H14N2O2.2C3H8/c1-9(7-3-13-5-15-7)17-12-2-10(18-11(1)12)8-4-14-6-16-8;1-13-8(12)9-6-7(11)10-4-2-3-5-10;1-7(11)9-6-8(12)10-4-2-3-5-10;2*1-3-2/h1-6H,(H,13,15)(H,14,16);2-6H2,1H3,(H,9,12);2-6H2,1H3,(H,9,11);2*3H2,1-2H3. The first-order chi connectivity index (χ1) is 23.7. The van der Waals surface area contributed by atoms with Crippen molar-refractivity contribution in [2.24, 2.45) is 0 Å². The monoisotopic (exact) mass is 716 g/mol. The van der Waals surface area contributed by atoms with Gasteiger partial charge in [-0.3, -0.25) is 14.4 Å². The number of likely N-dealkylation sites (tertiary alicyclic amines) is 2. The van der Waals surface area contributed by atoms with E-state index in [0.717, 1.165) is 63.3 Å². The van der Waals surface area contributed by atoms with E-state index in [2.05, 4.69) is 75.1 Å². The average molecular weight is 717 g/mol. The fraction of sp³-hybridized carbons (Fsp3) is 0.529. The van der Waals surface area contributed by atoms with E-state index in [9.17, 15) is 19.2 Å². The summed E-state index contributed by atoms with van der Waals surface area (Å²) in [5, 5.41) is 4.85. The third-order valence-corrected chi connectivity index (χ3v) is 9.07. The number of aromatic nitrogens is 4. The molecule has 13 nitrogen and oxygen atoms in total. The minimum Gasteiger partial charge on any atom is -0.453 e. The number of methoxy groups -OCH3 is 1. The molecule has 2 fully saturated rings. The molecule has 4 N–H and O–H groups in total. The number of ether oxygens (including phenoxy) is 1. The molecule has 0 saturated carbocycles. The van der Waals surface area contributed by atoms with Crippen molar-refractivity contribution in [2.75, 3.05) is 46.4 Å². The molecule has 4 amide bonds. The third-order valence-electron chi connectivity index (χ3n) is 6.71. The summed E-state index contributed by atoms with van der Waals surface area (Å²) in [5.41, 5.74) is 2.15. The number of thiophene rings is 2. The fourth-order valence-electron chi connectivity index (χ4n) is 4.46. The molecule has 0 unspecified atom stereocenters. The first-order valence-corrected chi connectivity index (χ1v) is 18.4. The Morgan fingerprint density at radius 2 is 1.12 bits per heavy atom. The van der Waals surface area contributed by atoms with E-state index in [1.54, 1.807) is 45.1 Å². The molecule has 2 saturated heterocycles. The maximum absolute atomic E-state index is 11.3. The Morgan fingerprint density at radius 1 is 0.735 bits per heavy atom. The first-order valence-electron chi connectivity index (χ1n) is 16.8. The minimum absolute atomic E-state index is 0.0303. The molecule has 6 rings (SSSR count). The van der Waals surface area contributed by atoms with E-state index in [1.165, 1.54) is 46.0 Å². The van der Waals surface area contributed by atoms with Crippen molar-refractivity contribution in [1.29, 1.82) is 0 Å².